The van der Waals surface area contributed by atoms with Gasteiger partial charge in [0.2, 0.25) is 0 Å². The zero-order valence-electron chi connectivity index (χ0n) is 11.8. The Balaban J connectivity index is 1.75. The lowest BCUT2D eigenvalue weighted by Gasteiger charge is -2.12. The molecule has 1 unspecified atom stereocenters. The van der Waals surface area contributed by atoms with Crippen LogP contribution in [0.15, 0.2) is 36.4 Å². The fraction of sp³-hybridized carbons (Fsp3) is 0.294. The van der Waals surface area contributed by atoms with Crippen molar-refractivity contribution in [1.82, 2.24) is 5.32 Å². The quantitative estimate of drug-likeness (QED) is 0.875. The lowest BCUT2D eigenvalue weighted by Crippen LogP contribution is -2.12. The minimum absolute atomic E-state index is 0.382. The van der Waals surface area contributed by atoms with Crippen molar-refractivity contribution in [1.29, 1.82) is 0 Å². The molecule has 0 spiro atoms. The van der Waals surface area contributed by atoms with Crippen LogP contribution < -0.4 is 10.1 Å². The molecule has 3 rings (SSSR count). The number of benzene rings is 2. The number of ether oxygens (including phenoxy) is 1. The summed E-state index contributed by atoms with van der Waals surface area (Å²) in [6, 6.07) is 12.2. The number of rotatable bonds is 4. The molecule has 110 valence electrons. The molecule has 1 aliphatic carbocycles. The largest absolute Gasteiger partial charge is 0.489 e. The van der Waals surface area contributed by atoms with Crippen LogP contribution in [0.25, 0.3) is 0 Å². The Bertz CT molecular complexity index is 637. The van der Waals surface area contributed by atoms with E-state index in [1.165, 1.54) is 11.1 Å². The first-order valence-corrected chi connectivity index (χ1v) is 7.80. The van der Waals surface area contributed by atoms with Crippen LogP contribution in [0.4, 0.5) is 0 Å². The lowest BCUT2D eigenvalue weighted by molar-refractivity contribution is 0.306. The topological polar surface area (TPSA) is 21.3 Å². The van der Waals surface area contributed by atoms with Gasteiger partial charge in [0.1, 0.15) is 12.4 Å². The third kappa shape index (κ3) is 3.03. The van der Waals surface area contributed by atoms with E-state index in [4.69, 9.17) is 27.9 Å². The van der Waals surface area contributed by atoms with Crippen LogP contribution in [0.2, 0.25) is 10.0 Å². The van der Waals surface area contributed by atoms with Crippen molar-refractivity contribution in [2.24, 2.45) is 0 Å². The van der Waals surface area contributed by atoms with E-state index >= 15 is 0 Å². The number of halogens is 2. The van der Waals surface area contributed by atoms with Gasteiger partial charge in [0.15, 0.2) is 0 Å². The number of hydrogen-bond donors (Lipinski definition) is 1. The second kappa shape index (κ2) is 6.27. The van der Waals surface area contributed by atoms with E-state index in [-0.39, 0.29) is 0 Å². The van der Waals surface area contributed by atoms with Crippen LogP contribution in [0, 0.1) is 0 Å². The Labute approximate surface area is 135 Å². The van der Waals surface area contributed by atoms with Crippen LogP contribution in [-0.2, 0) is 13.0 Å². The maximum Gasteiger partial charge on any atom is 0.120 e. The summed E-state index contributed by atoms with van der Waals surface area (Å²) in [5.74, 6) is 0.862. The maximum atomic E-state index is 6.15. The van der Waals surface area contributed by atoms with E-state index in [1.54, 1.807) is 0 Å². The Morgan fingerprint density at radius 3 is 2.67 bits per heavy atom. The van der Waals surface area contributed by atoms with E-state index in [0.29, 0.717) is 22.7 Å². The van der Waals surface area contributed by atoms with Crippen molar-refractivity contribution in [3.8, 4) is 5.75 Å². The zero-order valence-corrected chi connectivity index (χ0v) is 13.3. The minimum Gasteiger partial charge on any atom is -0.489 e. The van der Waals surface area contributed by atoms with Crippen molar-refractivity contribution in [3.63, 3.8) is 0 Å². The van der Waals surface area contributed by atoms with Gasteiger partial charge in [-0.2, -0.15) is 0 Å². The van der Waals surface area contributed by atoms with Crippen LogP contribution >= 0.6 is 23.2 Å². The van der Waals surface area contributed by atoms with Crippen molar-refractivity contribution in [2.75, 3.05) is 7.05 Å². The summed E-state index contributed by atoms with van der Waals surface area (Å²) in [4.78, 5) is 0. The lowest BCUT2D eigenvalue weighted by atomic mass is 10.1. The highest BCUT2D eigenvalue weighted by Crippen LogP contribution is 2.34. The maximum absolute atomic E-state index is 6.15. The Morgan fingerprint density at radius 2 is 1.95 bits per heavy atom. The first-order chi connectivity index (χ1) is 10.2. The van der Waals surface area contributed by atoms with Crippen molar-refractivity contribution >= 4 is 23.2 Å². The molecule has 0 bridgehead atoms. The predicted octanol–water partition coefficient (Wildman–Crippen LogP) is 4.78. The molecule has 1 N–H and O–H groups in total. The standard InChI is InChI=1S/C17H17Cl2NO/c1-20-17-8-5-11-9-12(6-7-13(11)17)21-10-14-15(18)3-2-4-16(14)19/h2-4,6-7,9,17,20H,5,8,10H2,1H3. The Kier molecular flexibility index (Phi) is 4.39. The summed E-state index contributed by atoms with van der Waals surface area (Å²) in [5, 5.41) is 4.61. The summed E-state index contributed by atoms with van der Waals surface area (Å²) >= 11 is 12.3. The van der Waals surface area contributed by atoms with Gasteiger partial charge in [-0.25, -0.2) is 0 Å². The fourth-order valence-corrected chi connectivity index (χ4v) is 3.32. The van der Waals surface area contributed by atoms with Gasteiger partial charge in [-0.05, 0) is 55.3 Å². The summed E-state index contributed by atoms with van der Waals surface area (Å²) in [7, 11) is 2.00. The van der Waals surface area contributed by atoms with Gasteiger partial charge in [-0.15, -0.1) is 0 Å². The molecule has 0 fully saturated rings. The summed E-state index contributed by atoms with van der Waals surface area (Å²) in [6.45, 7) is 0.382. The molecule has 2 nitrogen and oxygen atoms in total. The molecule has 0 radical (unpaired) electrons. The molecule has 1 aliphatic rings. The summed E-state index contributed by atoms with van der Waals surface area (Å²) < 4.78 is 5.86. The average molecular weight is 322 g/mol. The molecular formula is C17H17Cl2NO. The highest BCUT2D eigenvalue weighted by molar-refractivity contribution is 6.35. The Morgan fingerprint density at radius 1 is 1.19 bits per heavy atom. The van der Waals surface area contributed by atoms with Gasteiger partial charge in [0, 0.05) is 21.7 Å². The van der Waals surface area contributed by atoms with Gasteiger partial charge < -0.3 is 10.1 Å². The van der Waals surface area contributed by atoms with Gasteiger partial charge in [0.05, 0.1) is 0 Å². The van der Waals surface area contributed by atoms with Gasteiger partial charge in [-0.3, -0.25) is 0 Å². The highest BCUT2D eigenvalue weighted by Gasteiger charge is 2.21. The van der Waals surface area contributed by atoms with Crippen molar-refractivity contribution in [2.45, 2.75) is 25.5 Å². The third-order valence-electron chi connectivity index (χ3n) is 3.99. The average Bonchev–Trinajstić information content (AvgIpc) is 2.89. The molecule has 2 aromatic rings. The van der Waals surface area contributed by atoms with Gasteiger partial charge in [-0.1, -0.05) is 35.3 Å². The third-order valence-corrected chi connectivity index (χ3v) is 4.69. The first-order valence-electron chi connectivity index (χ1n) is 7.05. The number of nitrogens with one attached hydrogen (secondary N) is 1. The van der Waals surface area contributed by atoms with Crippen LogP contribution in [0.1, 0.15) is 29.2 Å². The van der Waals surface area contributed by atoms with Crippen LogP contribution in [0.3, 0.4) is 0 Å². The molecule has 0 aliphatic heterocycles. The SMILES string of the molecule is CNC1CCc2cc(OCc3c(Cl)cccc3Cl)ccc21. The molecule has 2 aromatic carbocycles. The molecule has 4 heteroatoms. The zero-order chi connectivity index (χ0) is 14.8. The van der Waals surface area contributed by atoms with E-state index < -0.39 is 0 Å². The second-order valence-electron chi connectivity index (χ2n) is 5.23. The van der Waals surface area contributed by atoms with Gasteiger partial charge >= 0.3 is 0 Å². The number of aryl methyl sites for hydroxylation is 1. The molecule has 0 saturated heterocycles. The van der Waals surface area contributed by atoms with Gasteiger partial charge in [0.25, 0.3) is 0 Å². The monoisotopic (exact) mass is 321 g/mol. The van der Waals surface area contributed by atoms with E-state index in [0.717, 1.165) is 24.2 Å². The number of fused-ring (bicyclic) bond motifs is 1. The van der Waals surface area contributed by atoms with Crippen molar-refractivity contribution < 1.29 is 4.74 Å². The smallest absolute Gasteiger partial charge is 0.120 e. The Hall–Kier alpha value is -1.22. The van der Waals surface area contributed by atoms with E-state index in [9.17, 15) is 0 Å². The number of hydrogen-bond acceptors (Lipinski definition) is 2. The second-order valence-corrected chi connectivity index (χ2v) is 6.04. The molecule has 21 heavy (non-hydrogen) atoms. The molecular weight excluding hydrogens is 305 g/mol. The molecule has 1 atom stereocenters. The van der Waals surface area contributed by atoms with E-state index in [2.05, 4.69) is 17.4 Å². The van der Waals surface area contributed by atoms with Crippen LogP contribution in [-0.4, -0.2) is 7.05 Å². The normalized spacial score (nSPS) is 16.8. The first kappa shape index (κ1) is 14.7. The summed E-state index contributed by atoms with van der Waals surface area (Å²) in [6.07, 6.45) is 2.23. The predicted molar refractivity (Wildman–Crippen MR) is 87.4 cm³/mol. The fourth-order valence-electron chi connectivity index (χ4n) is 2.81. The van der Waals surface area contributed by atoms with Crippen LogP contribution in [0.5, 0.6) is 5.75 Å². The van der Waals surface area contributed by atoms with Crippen molar-refractivity contribution in [3.05, 3.63) is 63.1 Å². The summed E-state index contributed by atoms with van der Waals surface area (Å²) in [5.41, 5.74) is 3.56. The molecule has 0 saturated carbocycles. The highest BCUT2D eigenvalue weighted by atomic mass is 35.5. The molecule has 0 heterocycles. The molecule has 0 amide bonds. The minimum atomic E-state index is 0.382. The van der Waals surface area contributed by atoms with E-state index in [1.807, 2.05) is 31.3 Å². The molecule has 0 aromatic heterocycles.